The van der Waals surface area contributed by atoms with Crippen LogP contribution in [0.2, 0.25) is 0 Å². The van der Waals surface area contributed by atoms with Crippen molar-refractivity contribution in [3.63, 3.8) is 0 Å². The number of nitriles is 1. The highest BCUT2D eigenvalue weighted by Gasteiger charge is 2.27. The van der Waals surface area contributed by atoms with Gasteiger partial charge in [0.2, 0.25) is 0 Å². The lowest BCUT2D eigenvalue weighted by Gasteiger charge is -2.27. The van der Waals surface area contributed by atoms with Gasteiger partial charge in [0.05, 0.1) is 18.1 Å². The molecule has 2 heteroatoms. The smallest absolute Gasteiger partial charge is 0.0982 e. The van der Waals surface area contributed by atoms with Gasteiger partial charge in [-0.2, -0.15) is 5.26 Å². The van der Waals surface area contributed by atoms with Gasteiger partial charge in [0.25, 0.3) is 0 Å². The van der Waals surface area contributed by atoms with E-state index in [2.05, 4.69) is 42.5 Å². The Hall–Kier alpha value is -2.11. The largest absolute Gasteiger partial charge is 0.372 e. The Labute approximate surface area is 119 Å². The van der Waals surface area contributed by atoms with Crippen LogP contribution in [0.1, 0.15) is 24.5 Å². The molecule has 0 spiro atoms. The zero-order valence-corrected chi connectivity index (χ0v) is 11.3. The third-order valence-electron chi connectivity index (χ3n) is 3.83. The van der Waals surface area contributed by atoms with E-state index >= 15 is 0 Å². The lowest BCUT2D eigenvalue weighted by molar-refractivity contribution is -0.0101. The van der Waals surface area contributed by atoms with Gasteiger partial charge in [0, 0.05) is 6.61 Å². The zero-order valence-electron chi connectivity index (χ0n) is 11.3. The van der Waals surface area contributed by atoms with E-state index in [4.69, 9.17) is 4.74 Å². The molecule has 0 aromatic heterocycles. The van der Waals surface area contributed by atoms with Crippen molar-refractivity contribution in [3.8, 4) is 17.2 Å². The molecule has 1 heterocycles. The fourth-order valence-electron chi connectivity index (χ4n) is 2.74. The first-order valence-corrected chi connectivity index (χ1v) is 7.05. The molecule has 0 N–H and O–H groups in total. The van der Waals surface area contributed by atoms with Crippen LogP contribution in [0.25, 0.3) is 11.1 Å². The third-order valence-corrected chi connectivity index (χ3v) is 3.83. The molecule has 1 saturated heterocycles. The monoisotopic (exact) mass is 263 g/mol. The molecule has 1 aliphatic rings. The van der Waals surface area contributed by atoms with Gasteiger partial charge < -0.3 is 4.74 Å². The third kappa shape index (κ3) is 2.59. The van der Waals surface area contributed by atoms with Crippen LogP contribution in [-0.4, -0.2) is 6.61 Å². The average molecular weight is 263 g/mol. The van der Waals surface area contributed by atoms with Crippen LogP contribution in [0.5, 0.6) is 0 Å². The molecule has 0 radical (unpaired) electrons. The summed E-state index contributed by atoms with van der Waals surface area (Å²) in [5.41, 5.74) is 3.51. The number of ether oxygens (including phenoxy) is 1. The summed E-state index contributed by atoms with van der Waals surface area (Å²) in [6.07, 6.45) is 1.84. The standard InChI is InChI=1S/C18H17NO/c19-13-17-7-4-12-20-18(17)16-10-8-15(9-11-16)14-5-2-1-3-6-14/h1-3,5-6,8-11,17-18H,4,7,12H2. The number of benzene rings is 2. The van der Waals surface area contributed by atoms with Gasteiger partial charge in [-0.25, -0.2) is 0 Å². The fraction of sp³-hybridized carbons (Fsp3) is 0.278. The lowest BCUT2D eigenvalue weighted by Crippen LogP contribution is -2.21. The molecule has 100 valence electrons. The first kappa shape index (κ1) is 12.9. The SMILES string of the molecule is N#CC1CCCOC1c1ccc(-c2ccccc2)cc1. The molecule has 0 aliphatic carbocycles. The van der Waals surface area contributed by atoms with Crippen molar-refractivity contribution in [2.45, 2.75) is 18.9 Å². The normalized spacial score (nSPS) is 22.1. The van der Waals surface area contributed by atoms with Crippen LogP contribution >= 0.6 is 0 Å². The van der Waals surface area contributed by atoms with Crippen molar-refractivity contribution >= 4 is 0 Å². The Balaban J connectivity index is 1.84. The Kier molecular flexibility index (Phi) is 3.80. The van der Waals surface area contributed by atoms with Crippen molar-refractivity contribution in [1.82, 2.24) is 0 Å². The molecule has 2 atom stereocenters. The molecule has 3 rings (SSSR count). The number of hydrogen-bond acceptors (Lipinski definition) is 2. The lowest BCUT2D eigenvalue weighted by atomic mass is 9.90. The fourth-order valence-corrected chi connectivity index (χ4v) is 2.74. The van der Waals surface area contributed by atoms with Crippen LogP contribution in [0, 0.1) is 17.2 Å². The van der Waals surface area contributed by atoms with Crippen molar-refractivity contribution in [1.29, 1.82) is 5.26 Å². The van der Waals surface area contributed by atoms with Crippen LogP contribution in [0.4, 0.5) is 0 Å². The van der Waals surface area contributed by atoms with Gasteiger partial charge in [0.15, 0.2) is 0 Å². The predicted molar refractivity (Wildman–Crippen MR) is 78.9 cm³/mol. The van der Waals surface area contributed by atoms with Crippen LogP contribution in [0.15, 0.2) is 54.6 Å². The molecule has 2 unspecified atom stereocenters. The molecule has 0 bridgehead atoms. The zero-order chi connectivity index (χ0) is 13.8. The summed E-state index contributed by atoms with van der Waals surface area (Å²) in [4.78, 5) is 0. The van der Waals surface area contributed by atoms with E-state index in [1.165, 1.54) is 11.1 Å². The van der Waals surface area contributed by atoms with Gasteiger partial charge in [-0.1, -0.05) is 54.6 Å². The predicted octanol–water partition coefficient (Wildman–Crippen LogP) is 4.34. The van der Waals surface area contributed by atoms with Crippen LogP contribution in [0.3, 0.4) is 0 Å². The molecule has 1 fully saturated rings. The maximum atomic E-state index is 9.23. The molecule has 1 aliphatic heterocycles. The second-order valence-corrected chi connectivity index (χ2v) is 5.16. The van der Waals surface area contributed by atoms with Gasteiger partial charge in [0.1, 0.15) is 0 Å². The van der Waals surface area contributed by atoms with Crippen molar-refractivity contribution in [2.24, 2.45) is 5.92 Å². The van der Waals surface area contributed by atoms with Gasteiger partial charge in [-0.05, 0) is 29.5 Å². The number of rotatable bonds is 2. The second-order valence-electron chi connectivity index (χ2n) is 5.16. The first-order chi connectivity index (χ1) is 9.88. The van der Waals surface area contributed by atoms with E-state index < -0.39 is 0 Å². The minimum Gasteiger partial charge on any atom is -0.372 e. The summed E-state index contributed by atoms with van der Waals surface area (Å²) in [5.74, 6) is -0.0219. The van der Waals surface area contributed by atoms with Crippen molar-refractivity contribution in [3.05, 3.63) is 60.2 Å². The Bertz CT molecular complexity index is 598. The minimum atomic E-state index is -0.0708. The highest BCUT2D eigenvalue weighted by Crippen LogP contribution is 2.34. The topological polar surface area (TPSA) is 33.0 Å². The molecule has 0 saturated carbocycles. The quantitative estimate of drug-likeness (QED) is 0.807. The summed E-state index contributed by atoms with van der Waals surface area (Å²) >= 11 is 0. The van der Waals surface area contributed by atoms with E-state index in [1.807, 2.05) is 18.2 Å². The maximum Gasteiger partial charge on any atom is 0.0982 e. The van der Waals surface area contributed by atoms with E-state index in [-0.39, 0.29) is 12.0 Å². The second kappa shape index (κ2) is 5.90. The average Bonchev–Trinajstić information content (AvgIpc) is 2.56. The molecule has 2 aromatic carbocycles. The van der Waals surface area contributed by atoms with Gasteiger partial charge in [-0.15, -0.1) is 0 Å². The highest BCUT2D eigenvalue weighted by atomic mass is 16.5. The van der Waals surface area contributed by atoms with E-state index in [0.717, 1.165) is 25.0 Å². The highest BCUT2D eigenvalue weighted by molar-refractivity contribution is 5.63. The summed E-state index contributed by atoms with van der Waals surface area (Å²) in [6.45, 7) is 0.753. The first-order valence-electron chi connectivity index (χ1n) is 7.05. The molecule has 2 aromatic rings. The Morgan fingerprint density at radius 3 is 2.35 bits per heavy atom. The Morgan fingerprint density at radius 2 is 1.65 bits per heavy atom. The molecular weight excluding hydrogens is 246 g/mol. The number of hydrogen-bond donors (Lipinski definition) is 0. The van der Waals surface area contributed by atoms with E-state index in [1.54, 1.807) is 0 Å². The summed E-state index contributed by atoms with van der Waals surface area (Å²) < 4.78 is 5.79. The van der Waals surface area contributed by atoms with E-state index in [0.29, 0.717) is 0 Å². The van der Waals surface area contributed by atoms with Gasteiger partial charge in [-0.3, -0.25) is 0 Å². The van der Waals surface area contributed by atoms with Crippen LogP contribution in [-0.2, 0) is 4.74 Å². The summed E-state index contributed by atoms with van der Waals surface area (Å²) in [7, 11) is 0. The minimum absolute atomic E-state index is 0.0219. The van der Waals surface area contributed by atoms with Crippen molar-refractivity contribution < 1.29 is 4.74 Å². The Morgan fingerprint density at radius 1 is 0.950 bits per heavy atom. The van der Waals surface area contributed by atoms with E-state index in [9.17, 15) is 5.26 Å². The number of nitrogens with zero attached hydrogens (tertiary/aromatic N) is 1. The van der Waals surface area contributed by atoms with Crippen molar-refractivity contribution in [2.75, 3.05) is 6.61 Å². The molecule has 2 nitrogen and oxygen atoms in total. The van der Waals surface area contributed by atoms with Crippen LogP contribution < -0.4 is 0 Å². The molecule has 0 amide bonds. The van der Waals surface area contributed by atoms with Gasteiger partial charge >= 0.3 is 0 Å². The summed E-state index contributed by atoms with van der Waals surface area (Å²) in [5, 5.41) is 9.23. The maximum absolute atomic E-state index is 9.23. The molecule has 20 heavy (non-hydrogen) atoms. The molecular formula is C18H17NO. The summed E-state index contributed by atoms with van der Waals surface area (Å²) in [6, 6.07) is 21.1.